The summed E-state index contributed by atoms with van der Waals surface area (Å²) in [5.74, 6) is -0.0654. The number of fused-ring (bicyclic) bond motifs is 2. The van der Waals surface area contributed by atoms with Crippen molar-refractivity contribution in [2.24, 2.45) is 28.2 Å². The first kappa shape index (κ1) is 40.0. The van der Waals surface area contributed by atoms with Gasteiger partial charge in [0.15, 0.2) is 5.17 Å². The van der Waals surface area contributed by atoms with Crippen LogP contribution in [-0.2, 0) is 19.1 Å². The topological polar surface area (TPSA) is 181 Å². The number of benzene rings is 1. The molecule has 14 nitrogen and oxygen atoms in total. The van der Waals surface area contributed by atoms with Crippen LogP contribution in [0, 0.1) is 23.2 Å². The highest BCUT2D eigenvalue weighted by atomic mass is 35.5. The number of likely N-dealkylation sites (tertiary alicyclic amines) is 1. The van der Waals surface area contributed by atoms with Gasteiger partial charge in [-0.1, -0.05) is 50.2 Å². The van der Waals surface area contributed by atoms with Gasteiger partial charge in [0.2, 0.25) is 11.8 Å². The molecular formula is C40H51ClN6O8S. The monoisotopic (exact) mass is 810 g/mol. The van der Waals surface area contributed by atoms with E-state index in [1.165, 1.54) is 24.5 Å². The SMILES string of the molecule is C=CC1C[C@]1(NC(=O)[C@@H]1CC(Oc2cc(C3CSC(NC(C)C)=N3)nc3c(Cl)c(OC)ccc23)CN1C(=O)C(NC(=O)OC1C[C@@H]2C[C@@H]2C1)C(C)(C)C)C(=O)O. The Morgan fingerprint density at radius 2 is 1.84 bits per heavy atom. The van der Waals surface area contributed by atoms with Crippen molar-refractivity contribution in [3.05, 3.63) is 41.6 Å². The van der Waals surface area contributed by atoms with E-state index in [-0.39, 0.29) is 37.6 Å². The number of carboxylic acids is 1. The lowest BCUT2D eigenvalue weighted by atomic mass is 9.85. The van der Waals surface area contributed by atoms with Crippen LogP contribution < -0.4 is 25.4 Å². The standard InChI is InChI=1S/C40H51ClN6O8S/c1-8-22-16-40(22,36(50)51)46-34(48)28-14-24(17-47(28)35(49)33(39(4,5)6)45-38(52)55-23-12-20-11-21(20)13-23)54-30-15-26(27-18-56-37(44-27)42-19(2)3)43-32-25(30)9-10-29(53-7)31(32)41/h8-10,15,19-24,27-28,33H,1,11-14,16-18H2,2-7H3,(H,42,44)(H,45,52)(H,46,48)(H,50,51)/t20-,21+,22?,23?,24?,27?,28-,33?,40+/m0/s1. The lowest BCUT2D eigenvalue weighted by Crippen LogP contribution is -2.59. The predicted molar refractivity (Wildman–Crippen MR) is 213 cm³/mol. The number of nitrogens with zero attached hydrogens (tertiary/aromatic N) is 3. The van der Waals surface area contributed by atoms with E-state index in [9.17, 15) is 24.3 Å². The van der Waals surface area contributed by atoms with Crippen LogP contribution in [0.3, 0.4) is 0 Å². The third-order valence-corrected chi connectivity index (χ3v) is 12.9. The number of carboxylic acid groups (broad SMARTS) is 1. The number of amidine groups is 1. The van der Waals surface area contributed by atoms with Crippen molar-refractivity contribution in [2.45, 2.75) is 109 Å². The Bertz CT molecular complexity index is 1960. The average Bonchev–Trinajstić information content (AvgIpc) is 3.80. The van der Waals surface area contributed by atoms with E-state index in [2.05, 4.69) is 22.5 Å². The van der Waals surface area contributed by atoms with E-state index in [1.807, 2.05) is 40.7 Å². The molecule has 5 aliphatic rings. The van der Waals surface area contributed by atoms with E-state index in [1.54, 1.807) is 23.9 Å². The Morgan fingerprint density at radius 1 is 1.11 bits per heavy atom. The molecule has 3 amide bonds. The van der Waals surface area contributed by atoms with Gasteiger partial charge in [-0.3, -0.25) is 14.6 Å². The maximum atomic E-state index is 14.7. The van der Waals surface area contributed by atoms with E-state index < -0.39 is 58.9 Å². The molecule has 0 spiro atoms. The molecule has 302 valence electrons. The van der Waals surface area contributed by atoms with Gasteiger partial charge in [-0.05, 0) is 68.9 Å². The highest BCUT2D eigenvalue weighted by Crippen LogP contribution is 2.52. The molecule has 3 aliphatic carbocycles. The van der Waals surface area contributed by atoms with Gasteiger partial charge >= 0.3 is 12.1 Å². The maximum absolute atomic E-state index is 14.7. The largest absolute Gasteiger partial charge is 0.495 e. The number of hydrogen-bond donors (Lipinski definition) is 4. The fourth-order valence-electron chi connectivity index (χ4n) is 8.25. The van der Waals surface area contributed by atoms with Gasteiger partial charge in [0.05, 0.1) is 24.9 Å². The average molecular weight is 811 g/mol. The molecular weight excluding hydrogens is 760 g/mol. The number of amides is 3. The summed E-state index contributed by atoms with van der Waals surface area (Å²) >= 11 is 8.43. The third-order valence-electron chi connectivity index (χ3n) is 11.5. The summed E-state index contributed by atoms with van der Waals surface area (Å²) in [5.41, 5.74) is -1.23. The quantitative estimate of drug-likeness (QED) is 0.200. The summed E-state index contributed by atoms with van der Waals surface area (Å²) in [7, 11) is 1.52. The molecule has 2 aliphatic heterocycles. The molecule has 1 saturated heterocycles. The number of aliphatic carboxylic acids is 1. The first-order chi connectivity index (χ1) is 26.5. The van der Waals surface area contributed by atoms with Crippen molar-refractivity contribution < 1.29 is 38.5 Å². The molecule has 4 N–H and O–H groups in total. The zero-order chi connectivity index (χ0) is 40.3. The molecule has 7 rings (SSSR count). The van der Waals surface area contributed by atoms with Gasteiger partial charge in [-0.2, -0.15) is 0 Å². The van der Waals surface area contributed by atoms with Crippen molar-refractivity contribution in [3.63, 3.8) is 0 Å². The predicted octanol–water partition coefficient (Wildman–Crippen LogP) is 5.47. The minimum atomic E-state index is -1.52. The fourth-order valence-corrected chi connectivity index (χ4v) is 9.62. The Labute approximate surface area is 335 Å². The molecule has 3 saturated carbocycles. The maximum Gasteiger partial charge on any atom is 0.408 e. The van der Waals surface area contributed by atoms with Crippen LogP contribution in [0.2, 0.25) is 5.02 Å². The molecule has 0 bridgehead atoms. The Morgan fingerprint density at radius 3 is 2.46 bits per heavy atom. The highest BCUT2D eigenvalue weighted by molar-refractivity contribution is 8.14. The number of methoxy groups -OCH3 is 1. The van der Waals surface area contributed by atoms with Gasteiger partial charge in [0, 0.05) is 35.6 Å². The number of carbonyl (C=O) groups is 4. The van der Waals surface area contributed by atoms with Crippen LogP contribution in [0.25, 0.3) is 10.9 Å². The molecule has 2 aromatic rings. The summed E-state index contributed by atoms with van der Waals surface area (Å²) in [4.78, 5) is 65.6. The summed E-state index contributed by atoms with van der Waals surface area (Å²) < 4.78 is 18.0. The van der Waals surface area contributed by atoms with Crippen molar-refractivity contribution in [1.82, 2.24) is 25.8 Å². The number of hydrogen-bond acceptors (Lipinski definition) is 11. The van der Waals surface area contributed by atoms with Crippen molar-refractivity contribution in [1.29, 1.82) is 0 Å². The number of aromatic nitrogens is 1. The fraction of sp³-hybridized carbons (Fsp3) is 0.600. The Kier molecular flexibility index (Phi) is 10.9. The van der Waals surface area contributed by atoms with E-state index in [0.717, 1.165) is 18.0 Å². The van der Waals surface area contributed by atoms with E-state index in [0.29, 0.717) is 50.7 Å². The normalized spacial score (nSPS) is 29.6. The number of carbonyl (C=O) groups excluding carboxylic acids is 3. The molecule has 0 radical (unpaired) electrons. The number of rotatable bonds is 12. The first-order valence-electron chi connectivity index (χ1n) is 19.3. The molecule has 56 heavy (non-hydrogen) atoms. The molecule has 1 aromatic carbocycles. The minimum Gasteiger partial charge on any atom is -0.495 e. The molecule has 3 heterocycles. The van der Waals surface area contributed by atoms with Gasteiger partial charge in [-0.25, -0.2) is 14.6 Å². The van der Waals surface area contributed by atoms with Gasteiger partial charge in [0.1, 0.15) is 52.4 Å². The third kappa shape index (κ3) is 7.98. The number of pyridine rings is 1. The van der Waals surface area contributed by atoms with Crippen molar-refractivity contribution in [3.8, 4) is 11.5 Å². The van der Waals surface area contributed by atoms with Crippen LogP contribution in [-0.4, -0.2) is 99.3 Å². The minimum absolute atomic E-state index is 0.0277. The second kappa shape index (κ2) is 15.3. The number of ether oxygens (including phenoxy) is 3. The second-order valence-electron chi connectivity index (χ2n) is 17.1. The van der Waals surface area contributed by atoms with Crippen LogP contribution >= 0.6 is 23.4 Å². The summed E-state index contributed by atoms with van der Waals surface area (Å²) in [6.07, 6.45) is 2.96. The zero-order valence-corrected chi connectivity index (χ0v) is 34.2. The summed E-state index contributed by atoms with van der Waals surface area (Å²) in [5, 5.41) is 20.7. The summed E-state index contributed by atoms with van der Waals surface area (Å²) in [6.45, 7) is 13.3. The van der Waals surface area contributed by atoms with Crippen LogP contribution in [0.1, 0.15) is 78.5 Å². The number of alkyl carbamates (subject to hydrolysis) is 1. The molecule has 5 unspecified atom stereocenters. The molecule has 9 atom stereocenters. The van der Waals surface area contributed by atoms with E-state index >= 15 is 0 Å². The van der Waals surface area contributed by atoms with Gasteiger partial charge < -0.3 is 40.2 Å². The second-order valence-corrected chi connectivity index (χ2v) is 18.5. The highest BCUT2D eigenvalue weighted by Gasteiger charge is 2.61. The lowest BCUT2D eigenvalue weighted by molar-refractivity contribution is -0.146. The van der Waals surface area contributed by atoms with Crippen LogP contribution in [0.15, 0.2) is 35.8 Å². The van der Waals surface area contributed by atoms with E-state index in [4.69, 9.17) is 35.8 Å². The Balaban J connectivity index is 1.19. The van der Waals surface area contributed by atoms with Crippen LogP contribution in [0.4, 0.5) is 4.79 Å². The summed E-state index contributed by atoms with van der Waals surface area (Å²) in [6, 6.07) is 3.05. The molecule has 4 fully saturated rings. The Hall–Kier alpha value is -4.24. The number of halogens is 1. The zero-order valence-electron chi connectivity index (χ0n) is 32.6. The smallest absolute Gasteiger partial charge is 0.408 e. The number of thioether (sulfide) groups is 1. The first-order valence-corrected chi connectivity index (χ1v) is 20.6. The number of aliphatic imine (C=N–C) groups is 1. The van der Waals surface area contributed by atoms with Crippen molar-refractivity contribution in [2.75, 3.05) is 19.4 Å². The van der Waals surface area contributed by atoms with Gasteiger partial charge in [-0.15, -0.1) is 6.58 Å². The van der Waals surface area contributed by atoms with Crippen molar-refractivity contribution >= 4 is 63.3 Å². The van der Waals surface area contributed by atoms with Gasteiger partial charge in [0.25, 0.3) is 0 Å². The lowest BCUT2D eigenvalue weighted by Gasteiger charge is -2.35. The van der Waals surface area contributed by atoms with Crippen LogP contribution in [0.5, 0.6) is 11.5 Å². The molecule has 16 heteroatoms. The molecule has 1 aromatic heterocycles. The number of nitrogens with one attached hydrogen (secondary N) is 3.